The molecule has 0 aliphatic rings. The molecule has 8 nitrogen and oxygen atoms in total. The van der Waals surface area contributed by atoms with Gasteiger partial charge in [0.25, 0.3) is 0 Å². The number of aryl methyl sites for hydroxylation is 1. The number of rotatable bonds is 4. The summed E-state index contributed by atoms with van der Waals surface area (Å²) >= 11 is 0. The van der Waals surface area contributed by atoms with Crippen LogP contribution in [-0.2, 0) is 6.42 Å². The standard InChI is InChI=1S/C7H10N6O2/c1-4-10-5(15-13-4)2-3-9-7-12-11-6(8)14-7/h2-3H2,1H3,(H2,8,11)(H,9,12). The SMILES string of the molecule is Cc1noc(CCNc2nnc(N)o2)n1. The minimum Gasteiger partial charge on any atom is -0.390 e. The van der Waals surface area contributed by atoms with Crippen LogP contribution in [0.5, 0.6) is 0 Å². The first-order chi connectivity index (χ1) is 7.24. The summed E-state index contributed by atoms with van der Waals surface area (Å²) in [5.74, 6) is 1.18. The second-order valence-electron chi connectivity index (χ2n) is 2.86. The van der Waals surface area contributed by atoms with Crippen LogP contribution in [0.4, 0.5) is 12.0 Å². The number of nitrogens with two attached hydrogens (primary N) is 1. The zero-order valence-corrected chi connectivity index (χ0v) is 8.10. The van der Waals surface area contributed by atoms with E-state index in [0.717, 1.165) is 0 Å². The van der Waals surface area contributed by atoms with E-state index in [1.807, 2.05) is 0 Å². The first-order valence-corrected chi connectivity index (χ1v) is 4.36. The first kappa shape index (κ1) is 9.44. The van der Waals surface area contributed by atoms with Gasteiger partial charge in [0.1, 0.15) is 0 Å². The summed E-state index contributed by atoms with van der Waals surface area (Å²) in [4.78, 5) is 4.04. The van der Waals surface area contributed by atoms with E-state index < -0.39 is 0 Å². The highest BCUT2D eigenvalue weighted by Gasteiger charge is 2.04. The lowest BCUT2D eigenvalue weighted by atomic mass is 10.4. The Morgan fingerprint density at radius 3 is 2.87 bits per heavy atom. The molecule has 2 aromatic rings. The van der Waals surface area contributed by atoms with Crippen molar-refractivity contribution in [1.82, 2.24) is 20.3 Å². The van der Waals surface area contributed by atoms with Crippen molar-refractivity contribution in [2.75, 3.05) is 17.6 Å². The van der Waals surface area contributed by atoms with E-state index in [1.54, 1.807) is 6.92 Å². The van der Waals surface area contributed by atoms with Crippen molar-refractivity contribution in [3.05, 3.63) is 11.7 Å². The summed E-state index contributed by atoms with van der Waals surface area (Å²) < 4.78 is 9.82. The molecule has 0 aromatic carbocycles. The van der Waals surface area contributed by atoms with E-state index in [1.165, 1.54) is 0 Å². The van der Waals surface area contributed by atoms with Gasteiger partial charge in [-0.2, -0.15) is 4.98 Å². The van der Waals surface area contributed by atoms with E-state index in [-0.39, 0.29) is 12.0 Å². The first-order valence-electron chi connectivity index (χ1n) is 4.36. The minimum absolute atomic E-state index is 0.0335. The van der Waals surface area contributed by atoms with Gasteiger partial charge in [0.15, 0.2) is 5.82 Å². The van der Waals surface area contributed by atoms with Crippen LogP contribution in [0, 0.1) is 6.92 Å². The summed E-state index contributed by atoms with van der Waals surface area (Å²) in [5, 5.41) is 13.7. The molecule has 2 rings (SSSR count). The van der Waals surface area contributed by atoms with Crippen molar-refractivity contribution in [2.24, 2.45) is 0 Å². The molecule has 15 heavy (non-hydrogen) atoms. The zero-order valence-electron chi connectivity index (χ0n) is 8.10. The number of nitrogen functional groups attached to an aromatic ring is 1. The predicted molar refractivity (Wildman–Crippen MR) is 49.9 cm³/mol. The van der Waals surface area contributed by atoms with Gasteiger partial charge in [0.05, 0.1) is 0 Å². The monoisotopic (exact) mass is 210 g/mol. The molecule has 0 atom stereocenters. The number of nitrogens with zero attached hydrogens (tertiary/aromatic N) is 4. The average molecular weight is 210 g/mol. The van der Waals surface area contributed by atoms with E-state index in [4.69, 9.17) is 14.7 Å². The number of anilines is 2. The smallest absolute Gasteiger partial charge is 0.316 e. The van der Waals surface area contributed by atoms with E-state index in [9.17, 15) is 0 Å². The Kier molecular flexibility index (Phi) is 2.48. The van der Waals surface area contributed by atoms with Crippen molar-refractivity contribution in [3.8, 4) is 0 Å². The molecule has 0 aliphatic heterocycles. The Hall–Kier alpha value is -2.12. The maximum atomic E-state index is 5.24. The van der Waals surface area contributed by atoms with Gasteiger partial charge >= 0.3 is 12.0 Å². The molecule has 0 radical (unpaired) electrons. The van der Waals surface area contributed by atoms with Crippen LogP contribution in [0.3, 0.4) is 0 Å². The number of aromatic nitrogens is 4. The summed E-state index contributed by atoms with van der Waals surface area (Å²) in [6.45, 7) is 2.32. The van der Waals surface area contributed by atoms with Gasteiger partial charge in [0.2, 0.25) is 5.89 Å². The topological polar surface area (TPSA) is 116 Å². The maximum Gasteiger partial charge on any atom is 0.316 e. The predicted octanol–water partition coefficient (Wildman–Crippen LogP) is -0.00218. The molecule has 0 fully saturated rings. The third kappa shape index (κ3) is 2.42. The average Bonchev–Trinajstić information content (AvgIpc) is 2.76. The highest BCUT2D eigenvalue weighted by atomic mass is 16.5. The Morgan fingerprint density at radius 1 is 1.40 bits per heavy atom. The zero-order chi connectivity index (χ0) is 10.7. The van der Waals surface area contributed by atoms with Crippen LogP contribution >= 0.6 is 0 Å². The van der Waals surface area contributed by atoms with Crippen LogP contribution in [0.15, 0.2) is 8.94 Å². The van der Waals surface area contributed by atoms with Gasteiger partial charge in [-0.05, 0) is 6.92 Å². The van der Waals surface area contributed by atoms with Gasteiger partial charge in [-0.15, -0.1) is 0 Å². The molecular formula is C7H10N6O2. The largest absolute Gasteiger partial charge is 0.390 e. The van der Waals surface area contributed by atoms with Gasteiger partial charge in [-0.3, -0.25) is 0 Å². The van der Waals surface area contributed by atoms with Gasteiger partial charge < -0.3 is 20.0 Å². The maximum absolute atomic E-state index is 5.24. The third-order valence-electron chi connectivity index (χ3n) is 1.63. The van der Waals surface area contributed by atoms with Crippen LogP contribution in [-0.4, -0.2) is 26.9 Å². The minimum atomic E-state index is 0.0335. The van der Waals surface area contributed by atoms with Crippen molar-refractivity contribution >= 4 is 12.0 Å². The highest BCUT2D eigenvalue weighted by molar-refractivity contribution is 5.22. The number of nitrogens with one attached hydrogen (secondary N) is 1. The second-order valence-corrected chi connectivity index (χ2v) is 2.86. The van der Waals surface area contributed by atoms with Crippen LogP contribution in [0.25, 0.3) is 0 Å². The number of hydrogen-bond acceptors (Lipinski definition) is 8. The highest BCUT2D eigenvalue weighted by Crippen LogP contribution is 2.06. The van der Waals surface area contributed by atoms with Gasteiger partial charge in [-0.1, -0.05) is 15.4 Å². The lowest BCUT2D eigenvalue weighted by molar-refractivity contribution is 0.376. The molecule has 3 N–H and O–H groups in total. The summed E-state index contributed by atoms with van der Waals surface area (Å²) in [6.07, 6.45) is 0.586. The Balaban J connectivity index is 1.80. The van der Waals surface area contributed by atoms with Crippen LogP contribution < -0.4 is 11.1 Å². The molecule has 8 heteroatoms. The van der Waals surface area contributed by atoms with Crippen molar-refractivity contribution in [3.63, 3.8) is 0 Å². The Morgan fingerprint density at radius 2 is 2.27 bits per heavy atom. The molecule has 0 spiro atoms. The van der Waals surface area contributed by atoms with Gasteiger partial charge in [-0.25, -0.2) is 0 Å². The molecule has 0 aliphatic carbocycles. The molecule has 0 amide bonds. The molecule has 0 saturated carbocycles. The fourth-order valence-electron chi connectivity index (χ4n) is 1.02. The summed E-state index contributed by atoms with van der Waals surface area (Å²) in [5.41, 5.74) is 5.24. The summed E-state index contributed by atoms with van der Waals surface area (Å²) in [7, 11) is 0. The van der Waals surface area contributed by atoms with E-state index in [0.29, 0.717) is 24.7 Å². The van der Waals surface area contributed by atoms with E-state index >= 15 is 0 Å². The quantitative estimate of drug-likeness (QED) is 0.724. The molecule has 0 unspecified atom stereocenters. The normalized spacial score (nSPS) is 10.5. The molecule has 2 heterocycles. The van der Waals surface area contributed by atoms with Crippen molar-refractivity contribution < 1.29 is 8.94 Å². The summed E-state index contributed by atoms with van der Waals surface area (Å²) in [6, 6.07) is 0.315. The van der Waals surface area contributed by atoms with Crippen molar-refractivity contribution in [1.29, 1.82) is 0 Å². The second kappa shape index (κ2) is 3.95. The van der Waals surface area contributed by atoms with Gasteiger partial charge in [0, 0.05) is 13.0 Å². The third-order valence-corrected chi connectivity index (χ3v) is 1.63. The van der Waals surface area contributed by atoms with E-state index in [2.05, 4.69) is 25.7 Å². The Labute approximate surface area is 84.9 Å². The molecule has 80 valence electrons. The molecule has 2 aromatic heterocycles. The number of hydrogen-bond donors (Lipinski definition) is 2. The fourth-order valence-corrected chi connectivity index (χ4v) is 1.02. The lowest BCUT2D eigenvalue weighted by Crippen LogP contribution is -2.05. The van der Waals surface area contributed by atoms with Crippen LogP contribution in [0.2, 0.25) is 0 Å². The van der Waals surface area contributed by atoms with Crippen LogP contribution in [0.1, 0.15) is 11.7 Å². The fraction of sp³-hybridized carbons (Fsp3) is 0.429. The molecule has 0 bridgehead atoms. The Bertz CT molecular complexity index is 396. The lowest BCUT2D eigenvalue weighted by Gasteiger charge is -1.95. The molecular weight excluding hydrogens is 200 g/mol. The van der Waals surface area contributed by atoms with Crippen molar-refractivity contribution in [2.45, 2.75) is 13.3 Å². The molecule has 0 saturated heterocycles.